The quantitative estimate of drug-likeness (QED) is 0.786. The van der Waals surface area contributed by atoms with Crippen LogP contribution in [0.25, 0.3) is 0 Å². The maximum Gasteiger partial charge on any atom is 0.126 e. The summed E-state index contributed by atoms with van der Waals surface area (Å²) in [6.45, 7) is 3.13. The number of pyridine rings is 1. The van der Waals surface area contributed by atoms with E-state index in [9.17, 15) is 0 Å². The van der Waals surface area contributed by atoms with Crippen molar-refractivity contribution in [3.05, 3.63) is 54.2 Å². The highest BCUT2D eigenvalue weighted by Crippen LogP contribution is 2.22. The fourth-order valence-electron chi connectivity index (χ4n) is 1.60. The summed E-state index contributed by atoms with van der Waals surface area (Å²) in [6, 6.07) is 14.7. The standard InChI is InChI=1S/C15H18N2S/c1-2-9-16-15-11-13(8-10-17-15)12-18-14-6-4-3-5-7-14/h3-8,10-11H,2,9,12H2,1H3,(H,16,17). The molecule has 1 heterocycles. The lowest BCUT2D eigenvalue weighted by atomic mass is 10.3. The van der Waals surface area contributed by atoms with Gasteiger partial charge in [0.15, 0.2) is 0 Å². The van der Waals surface area contributed by atoms with E-state index < -0.39 is 0 Å². The van der Waals surface area contributed by atoms with Gasteiger partial charge in [0.1, 0.15) is 5.82 Å². The molecule has 0 fully saturated rings. The van der Waals surface area contributed by atoms with E-state index in [1.165, 1.54) is 10.5 Å². The summed E-state index contributed by atoms with van der Waals surface area (Å²) in [4.78, 5) is 5.61. The Hall–Kier alpha value is -1.48. The largest absolute Gasteiger partial charge is 0.370 e. The van der Waals surface area contributed by atoms with Gasteiger partial charge in [0, 0.05) is 23.4 Å². The third kappa shape index (κ3) is 4.08. The number of hydrogen-bond donors (Lipinski definition) is 1. The lowest BCUT2D eigenvalue weighted by Crippen LogP contribution is -2.01. The van der Waals surface area contributed by atoms with Crippen molar-refractivity contribution in [2.75, 3.05) is 11.9 Å². The molecule has 1 aromatic heterocycles. The smallest absolute Gasteiger partial charge is 0.126 e. The lowest BCUT2D eigenvalue weighted by molar-refractivity contribution is 0.968. The van der Waals surface area contributed by atoms with Crippen molar-refractivity contribution < 1.29 is 0 Å². The summed E-state index contributed by atoms with van der Waals surface area (Å²) in [7, 11) is 0. The summed E-state index contributed by atoms with van der Waals surface area (Å²) in [6.07, 6.45) is 2.99. The molecule has 0 spiro atoms. The minimum Gasteiger partial charge on any atom is -0.370 e. The highest BCUT2D eigenvalue weighted by Gasteiger charge is 1.98. The molecule has 2 aromatic rings. The molecule has 0 radical (unpaired) electrons. The highest BCUT2D eigenvalue weighted by molar-refractivity contribution is 7.98. The first kappa shape index (κ1) is 13.0. The van der Waals surface area contributed by atoms with Gasteiger partial charge in [0.05, 0.1) is 0 Å². The van der Waals surface area contributed by atoms with Gasteiger partial charge in [-0.3, -0.25) is 0 Å². The Morgan fingerprint density at radius 2 is 2.00 bits per heavy atom. The molecule has 1 aromatic carbocycles. The second-order valence-electron chi connectivity index (χ2n) is 4.08. The number of rotatable bonds is 6. The summed E-state index contributed by atoms with van der Waals surface area (Å²) >= 11 is 1.85. The average Bonchev–Trinajstić information content (AvgIpc) is 2.44. The van der Waals surface area contributed by atoms with Crippen molar-refractivity contribution in [1.29, 1.82) is 0 Å². The number of thioether (sulfide) groups is 1. The number of nitrogens with zero attached hydrogens (tertiary/aromatic N) is 1. The minimum absolute atomic E-state index is 0.974. The van der Waals surface area contributed by atoms with Crippen LogP contribution in [0.2, 0.25) is 0 Å². The molecular formula is C15H18N2S. The van der Waals surface area contributed by atoms with Crippen LogP contribution in [0.3, 0.4) is 0 Å². The van der Waals surface area contributed by atoms with Crippen LogP contribution >= 0.6 is 11.8 Å². The first-order valence-corrected chi connectivity index (χ1v) is 7.23. The Bertz CT molecular complexity index is 471. The summed E-state index contributed by atoms with van der Waals surface area (Å²) < 4.78 is 0. The van der Waals surface area contributed by atoms with Crippen molar-refractivity contribution in [2.24, 2.45) is 0 Å². The second kappa shape index (κ2) is 7.07. The van der Waals surface area contributed by atoms with E-state index in [-0.39, 0.29) is 0 Å². The number of nitrogens with one attached hydrogen (secondary N) is 1. The predicted octanol–water partition coefficient (Wildman–Crippen LogP) is 4.20. The van der Waals surface area contributed by atoms with Crippen LogP contribution in [-0.4, -0.2) is 11.5 Å². The van der Waals surface area contributed by atoms with E-state index in [2.05, 4.69) is 53.6 Å². The number of aromatic nitrogens is 1. The molecule has 94 valence electrons. The van der Waals surface area contributed by atoms with Crippen LogP contribution in [-0.2, 0) is 5.75 Å². The summed E-state index contributed by atoms with van der Waals surface area (Å²) in [5, 5.41) is 3.31. The van der Waals surface area contributed by atoms with Crippen LogP contribution in [0.5, 0.6) is 0 Å². The van der Waals surface area contributed by atoms with Gasteiger partial charge in [0.25, 0.3) is 0 Å². The summed E-state index contributed by atoms with van der Waals surface area (Å²) in [5.41, 5.74) is 1.30. The van der Waals surface area contributed by atoms with E-state index in [0.717, 1.165) is 24.5 Å². The highest BCUT2D eigenvalue weighted by atomic mass is 32.2. The zero-order chi connectivity index (χ0) is 12.6. The van der Waals surface area contributed by atoms with Crippen molar-refractivity contribution in [2.45, 2.75) is 24.0 Å². The molecular weight excluding hydrogens is 240 g/mol. The Morgan fingerprint density at radius 3 is 2.78 bits per heavy atom. The molecule has 0 saturated heterocycles. The molecule has 2 rings (SSSR count). The second-order valence-corrected chi connectivity index (χ2v) is 5.13. The number of benzene rings is 1. The van der Waals surface area contributed by atoms with Gasteiger partial charge in [0.2, 0.25) is 0 Å². The maximum atomic E-state index is 4.31. The number of hydrogen-bond acceptors (Lipinski definition) is 3. The van der Waals surface area contributed by atoms with Crippen molar-refractivity contribution in [3.8, 4) is 0 Å². The SMILES string of the molecule is CCCNc1cc(CSc2ccccc2)ccn1. The van der Waals surface area contributed by atoms with Crippen LogP contribution in [0.4, 0.5) is 5.82 Å². The first-order chi connectivity index (χ1) is 8.88. The molecule has 0 bridgehead atoms. The molecule has 0 aliphatic rings. The minimum atomic E-state index is 0.974. The average molecular weight is 258 g/mol. The van der Waals surface area contributed by atoms with Crippen molar-refractivity contribution in [3.63, 3.8) is 0 Å². The Labute approximate surface area is 113 Å². The van der Waals surface area contributed by atoms with E-state index in [1.54, 1.807) is 0 Å². The maximum absolute atomic E-state index is 4.31. The fraction of sp³-hybridized carbons (Fsp3) is 0.267. The van der Waals surface area contributed by atoms with Gasteiger partial charge in [-0.05, 0) is 36.2 Å². The van der Waals surface area contributed by atoms with Gasteiger partial charge in [-0.15, -0.1) is 11.8 Å². The van der Waals surface area contributed by atoms with E-state index in [4.69, 9.17) is 0 Å². The first-order valence-electron chi connectivity index (χ1n) is 6.25. The lowest BCUT2D eigenvalue weighted by Gasteiger charge is -2.06. The van der Waals surface area contributed by atoms with Crippen LogP contribution in [0.1, 0.15) is 18.9 Å². The number of anilines is 1. The molecule has 2 nitrogen and oxygen atoms in total. The zero-order valence-corrected chi connectivity index (χ0v) is 11.4. The fourth-order valence-corrected chi connectivity index (χ4v) is 2.46. The van der Waals surface area contributed by atoms with Gasteiger partial charge >= 0.3 is 0 Å². The molecule has 0 unspecified atom stereocenters. The van der Waals surface area contributed by atoms with Gasteiger partial charge in [-0.25, -0.2) is 4.98 Å². The molecule has 0 aliphatic heterocycles. The summed E-state index contributed by atoms with van der Waals surface area (Å²) in [5.74, 6) is 1.95. The molecule has 1 N–H and O–H groups in total. The molecule has 3 heteroatoms. The molecule has 0 saturated carbocycles. The van der Waals surface area contributed by atoms with Crippen molar-refractivity contribution in [1.82, 2.24) is 4.98 Å². The van der Waals surface area contributed by atoms with E-state index in [0.29, 0.717) is 0 Å². The van der Waals surface area contributed by atoms with E-state index in [1.807, 2.05) is 24.0 Å². The van der Waals surface area contributed by atoms with Crippen molar-refractivity contribution >= 4 is 17.6 Å². The topological polar surface area (TPSA) is 24.9 Å². The third-order valence-corrected chi connectivity index (χ3v) is 3.61. The van der Waals surface area contributed by atoms with Crippen LogP contribution in [0, 0.1) is 0 Å². The third-order valence-electron chi connectivity index (χ3n) is 2.53. The molecule has 0 aliphatic carbocycles. The normalized spacial score (nSPS) is 10.3. The Balaban J connectivity index is 1.93. The van der Waals surface area contributed by atoms with Gasteiger partial charge in [-0.1, -0.05) is 25.1 Å². The molecule has 0 amide bonds. The van der Waals surface area contributed by atoms with E-state index >= 15 is 0 Å². The van der Waals surface area contributed by atoms with Crippen LogP contribution in [0.15, 0.2) is 53.6 Å². The van der Waals surface area contributed by atoms with Gasteiger partial charge < -0.3 is 5.32 Å². The Kier molecular flexibility index (Phi) is 5.09. The monoisotopic (exact) mass is 258 g/mol. The zero-order valence-electron chi connectivity index (χ0n) is 10.6. The molecule has 18 heavy (non-hydrogen) atoms. The van der Waals surface area contributed by atoms with Crippen LogP contribution < -0.4 is 5.32 Å². The Morgan fingerprint density at radius 1 is 1.17 bits per heavy atom. The van der Waals surface area contributed by atoms with Gasteiger partial charge in [-0.2, -0.15) is 0 Å². The molecule has 0 atom stereocenters. The predicted molar refractivity (Wildman–Crippen MR) is 79.0 cm³/mol.